The minimum Gasteiger partial charge on any atom is -0.352 e. The Hall–Kier alpha value is -3.27. The fourth-order valence-corrected chi connectivity index (χ4v) is 5.22. The highest BCUT2D eigenvalue weighted by atomic mass is 32.2. The van der Waals surface area contributed by atoms with Crippen molar-refractivity contribution >= 4 is 27.7 Å². The molecule has 3 rings (SSSR count). The molecular weight excluding hydrogens is 461 g/mol. The van der Waals surface area contributed by atoms with Gasteiger partial charge in [0.2, 0.25) is 11.8 Å². The van der Waals surface area contributed by atoms with Gasteiger partial charge in [-0.25, -0.2) is 17.1 Å². The van der Waals surface area contributed by atoms with Crippen LogP contribution in [0.5, 0.6) is 0 Å². The molecule has 0 bridgehead atoms. The molecule has 1 aliphatic heterocycles. The summed E-state index contributed by atoms with van der Waals surface area (Å²) in [4.78, 5) is 39.7. The van der Waals surface area contributed by atoms with Crippen molar-refractivity contribution < 1.29 is 27.2 Å². The Morgan fingerprint density at radius 2 is 1.74 bits per heavy atom. The van der Waals surface area contributed by atoms with Gasteiger partial charge in [0, 0.05) is 31.1 Å². The zero-order chi connectivity index (χ0) is 25.0. The van der Waals surface area contributed by atoms with Gasteiger partial charge in [0.25, 0.3) is 15.9 Å². The van der Waals surface area contributed by atoms with Gasteiger partial charge in [-0.15, -0.1) is 0 Å². The third-order valence-electron chi connectivity index (χ3n) is 5.91. The van der Waals surface area contributed by atoms with E-state index in [1.807, 2.05) is 13.8 Å². The normalized spacial score (nSPS) is 16.0. The molecule has 2 atom stereocenters. The number of hydrogen-bond donors (Lipinski definition) is 1. The van der Waals surface area contributed by atoms with Crippen LogP contribution in [0.4, 0.5) is 4.39 Å². The highest BCUT2D eigenvalue weighted by molar-refractivity contribution is 7.90. The number of carbonyl (C=O) groups excluding carboxylic acids is 3. The smallest absolute Gasteiger partial charge is 0.269 e. The third-order valence-corrected chi connectivity index (χ3v) is 7.75. The number of nitrogens with zero attached hydrogens (tertiary/aromatic N) is 2. The van der Waals surface area contributed by atoms with Crippen LogP contribution in [0.3, 0.4) is 0 Å². The molecular formula is C24H28FN3O5S. The molecule has 8 nitrogen and oxygen atoms in total. The Morgan fingerprint density at radius 3 is 2.38 bits per heavy atom. The molecule has 3 amide bonds. The van der Waals surface area contributed by atoms with Crippen molar-refractivity contribution in [3.05, 3.63) is 65.5 Å². The van der Waals surface area contributed by atoms with Crippen molar-refractivity contribution in [2.45, 2.75) is 57.1 Å². The summed E-state index contributed by atoms with van der Waals surface area (Å²) in [7, 11) is -4.06. The number of fused-ring (bicyclic) bond motifs is 1. The first kappa shape index (κ1) is 25.4. The predicted octanol–water partition coefficient (Wildman–Crippen LogP) is 2.69. The fourth-order valence-electron chi connectivity index (χ4n) is 3.65. The molecule has 1 N–H and O–H groups in total. The lowest BCUT2D eigenvalue weighted by atomic mass is 10.1. The average molecular weight is 490 g/mol. The van der Waals surface area contributed by atoms with Gasteiger partial charge < -0.3 is 10.2 Å². The zero-order valence-corrected chi connectivity index (χ0v) is 20.1. The van der Waals surface area contributed by atoms with Crippen molar-refractivity contribution in [1.29, 1.82) is 0 Å². The van der Waals surface area contributed by atoms with E-state index in [1.165, 1.54) is 48.2 Å². The third kappa shape index (κ3) is 5.11. The highest BCUT2D eigenvalue weighted by Gasteiger charge is 2.41. The summed E-state index contributed by atoms with van der Waals surface area (Å²) < 4.78 is 40.5. The van der Waals surface area contributed by atoms with Crippen LogP contribution < -0.4 is 5.32 Å². The number of carbonyl (C=O) groups is 3. The summed E-state index contributed by atoms with van der Waals surface area (Å²) in [5.74, 6) is -2.21. The van der Waals surface area contributed by atoms with Crippen LogP contribution in [0, 0.1) is 5.82 Å². The molecule has 0 aliphatic carbocycles. The van der Waals surface area contributed by atoms with Gasteiger partial charge in [-0.2, -0.15) is 0 Å². The number of benzene rings is 2. The minimum absolute atomic E-state index is 0.0551. The van der Waals surface area contributed by atoms with E-state index in [9.17, 15) is 27.2 Å². The molecule has 0 saturated carbocycles. The molecule has 0 unspecified atom stereocenters. The predicted molar refractivity (Wildman–Crippen MR) is 124 cm³/mol. The quantitative estimate of drug-likeness (QED) is 0.583. The average Bonchev–Trinajstić information content (AvgIpc) is 3.01. The van der Waals surface area contributed by atoms with Crippen molar-refractivity contribution in [1.82, 2.24) is 14.5 Å². The largest absolute Gasteiger partial charge is 0.352 e. The van der Waals surface area contributed by atoms with Crippen molar-refractivity contribution in [2.75, 3.05) is 6.54 Å². The van der Waals surface area contributed by atoms with E-state index < -0.39 is 39.6 Å². The van der Waals surface area contributed by atoms with Gasteiger partial charge in [-0.1, -0.05) is 37.3 Å². The van der Waals surface area contributed by atoms with E-state index in [-0.39, 0.29) is 41.6 Å². The zero-order valence-electron chi connectivity index (χ0n) is 19.3. The molecule has 0 radical (unpaired) electrons. The van der Waals surface area contributed by atoms with Gasteiger partial charge >= 0.3 is 0 Å². The van der Waals surface area contributed by atoms with Crippen molar-refractivity contribution in [3.63, 3.8) is 0 Å². The first-order valence-electron chi connectivity index (χ1n) is 11.1. The second-order valence-electron chi connectivity index (χ2n) is 8.24. The Kier molecular flexibility index (Phi) is 7.71. The molecule has 182 valence electrons. The molecule has 0 aromatic heterocycles. The lowest BCUT2D eigenvalue weighted by Crippen LogP contribution is -2.50. The summed E-state index contributed by atoms with van der Waals surface area (Å²) in [5, 5.41) is 2.81. The van der Waals surface area contributed by atoms with E-state index >= 15 is 0 Å². The van der Waals surface area contributed by atoms with Gasteiger partial charge in [-0.05, 0) is 38.5 Å². The van der Waals surface area contributed by atoms with E-state index in [2.05, 4.69) is 5.32 Å². The van der Waals surface area contributed by atoms with E-state index in [1.54, 1.807) is 12.1 Å². The molecule has 0 fully saturated rings. The summed E-state index contributed by atoms with van der Waals surface area (Å²) in [5.41, 5.74) is 0.274. The maximum absolute atomic E-state index is 14.3. The number of rotatable bonds is 9. The van der Waals surface area contributed by atoms with Gasteiger partial charge in [0.15, 0.2) is 0 Å². The van der Waals surface area contributed by atoms with E-state index in [0.717, 1.165) is 0 Å². The van der Waals surface area contributed by atoms with Crippen LogP contribution in [0.2, 0.25) is 0 Å². The molecule has 1 aliphatic rings. The standard InChI is InChI=1S/C24H28FN3O5S/c1-4-16(2)26-23(30)17(3)27(15-18-9-5-7-11-20(18)25)22(29)13-14-28-24(31)19-10-6-8-12-21(19)34(28,32)33/h5-12,16-17H,4,13-15H2,1-3H3,(H,26,30)/t16-,17+/m0/s1. The maximum Gasteiger partial charge on any atom is 0.269 e. The first-order chi connectivity index (χ1) is 16.1. The van der Waals surface area contributed by atoms with Crippen molar-refractivity contribution in [3.8, 4) is 0 Å². The van der Waals surface area contributed by atoms with Crippen LogP contribution in [0.1, 0.15) is 49.5 Å². The second kappa shape index (κ2) is 10.3. The molecule has 0 saturated heterocycles. The van der Waals surface area contributed by atoms with Gasteiger partial charge in [0.05, 0.1) is 5.56 Å². The van der Waals surface area contributed by atoms with Crippen LogP contribution in [0.25, 0.3) is 0 Å². The SMILES string of the molecule is CC[C@H](C)NC(=O)[C@@H](C)N(Cc1ccccc1F)C(=O)CCN1C(=O)c2ccccc2S1(=O)=O. The topological polar surface area (TPSA) is 104 Å². The fraction of sp³-hybridized carbons (Fsp3) is 0.375. The Balaban J connectivity index is 1.80. The van der Waals surface area contributed by atoms with Crippen LogP contribution in [-0.4, -0.2) is 54.0 Å². The Morgan fingerprint density at radius 1 is 1.09 bits per heavy atom. The van der Waals surface area contributed by atoms with Crippen LogP contribution >= 0.6 is 0 Å². The number of halogens is 1. The number of hydrogen-bond acceptors (Lipinski definition) is 5. The molecule has 10 heteroatoms. The summed E-state index contributed by atoms with van der Waals surface area (Å²) >= 11 is 0. The van der Waals surface area contributed by atoms with Crippen LogP contribution in [-0.2, 0) is 26.2 Å². The number of nitrogens with one attached hydrogen (secondary N) is 1. The van der Waals surface area contributed by atoms with E-state index in [4.69, 9.17) is 0 Å². The van der Waals surface area contributed by atoms with Crippen LogP contribution in [0.15, 0.2) is 53.4 Å². The summed E-state index contributed by atoms with van der Waals surface area (Å²) in [6.07, 6.45) is 0.337. The molecule has 1 heterocycles. The highest BCUT2D eigenvalue weighted by Crippen LogP contribution is 2.30. The molecule has 2 aromatic rings. The maximum atomic E-state index is 14.3. The monoisotopic (exact) mass is 489 g/mol. The van der Waals surface area contributed by atoms with Gasteiger partial charge in [0.1, 0.15) is 16.8 Å². The van der Waals surface area contributed by atoms with E-state index in [0.29, 0.717) is 10.7 Å². The van der Waals surface area contributed by atoms with Crippen molar-refractivity contribution in [2.24, 2.45) is 0 Å². The number of amides is 3. The molecule has 34 heavy (non-hydrogen) atoms. The first-order valence-corrected chi connectivity index (χ1v) is 12.5. The molecule has 0 spiro atoms. The second-order valence-corrected chi connectivity index (χ2v) is 10.1. The minimum atomic E-state index is -4.06. The lowest BCUT2D eigenvalue weighted by Gasteiger charge is -2.30. The number of sulfonamides is 1. The molecule has 2 aromatic carbocycles. The lowest BCUT2D eigenvalue weighted by molar-refractivity contribution is -0.141. The summed E-state index contributed by atoms with van der Waals surface area (Å²) in [6.45, 7) is 4.70. The summed E-state index contributed by atoms with van der Waals surface area (Å²) in [6, 6.07) is 10.7. The van der Waals surface area contributed by atoms with Gasteiger partial charge in [-0.3, -0.25) is 14.4 Å². The Labute approximate surface area is 198 Å². The Bertz CT molecular complexity index is 1200.